The van der Waals surface area contributed by atoms with Gasteiger partial charge in [0.2, 0.25) is 5.91 Å². The molecule has 0 atom stereocenters. The monoisotopic (exact) mass is 439 g/mol. The van der Waals surface area contributed by atoms with Crippen molar-refractivity contribution in [3.05, 3.63) is 72.0 Å². The first kappa shape index (κ1) is 23.0. The highest BCUT2D eigenvalue weighted by molar-refractivity contribution is 5.95. The minimum atomic E-state index is -0.440. The molecule has 3 rings (SSSR count). The lowest BCUT2D eigenvalue weighted by Gasteiger charge is -2.09. The first-order valence-electron chi connectivity index (χ1n) is 10.4. The molecule has 1 heterocycles. The topological polar surface area (TPSA) is 93.5 Å². The molecule has 0 fully saturated rings. The van der Waals surface area contributed by atoms with Crippen molar-refractivity contribution < 1.29 is 23.1 Å². The molecule has 7 nitrogen and oxygen atoms in total. The number of aryl methyl sites for hydroxylation is 1. The predicted molar refractivity (Wildman–Crippen MR) is 117 cm³/mol. The summed E-state index contributed by atoms with van der Waals surface area (Å²) in [4.78, 5) is 28.3. The molecule has 0 aliphatic rings. The molecule has 32 heavy (non-hydrogen) atoms. The van der Waals surface area contributed by atoms with Crippen molar-refractivity contribution in [3.63, 3.8) is 0 Å². The number of rotatable bonds is 9. The van der Waals surface area contributed by atoms with Gasteiger partial charge < -0.3 is 9.15 Å². The number of benzene rings is 2. The third kappa shape index (κ3) is 6.66. The van der Waals surface area contributed by atoms with E-state index in [0.29, 0.717) is 41.1 Å². The van der Waals surface area contributed by atoms with Gasteiger partial charge in [-0.2, -0.15) is 0 Å². The van der Waals surface area contributed by atoms with Gasteiger partial charge in [-0.3, -0.25) is 20.4 Å². The highest BCUT2D eigenvalue weighted by atomic mass is 19.1. The summed E-state index contributed by atoms with van der Waals surface area (Å²) in [5.41, 5.74) is 5.43. The van der Waals surface area contributed by atoms with Gasteiger partial charge in [-0.25, -0.2) is 9.37 Å². The molecule has 2 amide bonds. The number of aromatic nitrogens is 1. The average Bonchev–Trinajstić information content (AvgIpc) is 3.25. The lowest BCUT2D eigenvalue weighted by molar-refractivity contribution is -0.121. The highest BCUT2D eigenvalue weighted by Crippen LogP contribution is 2.23. The second kappa shape index (κ2) is 11.1. The smallest absolute Gasteiger partial charge is 0.269 e. The summed E-state index contributed by atoms with van der Waals surface area (Å²) in [6, 6.07) is 12.9. The summed E-state index contributed by atoms with van der Waals surface area (Å²) in [7, 11) is 0. The van der Waals surface area contributed by atoms with Crippen molar-refractivity contribution in [2.75, 3.05) is 6.61 Å². The molecule has 2 aromatic carbocycles. The average molecular weight is 439 g/mol. The van der Waals surface area contributed by atoms with Crippen LogP contribution in [-0.2, 0) is 11.2 Å². The molecule has 8 heteroatoms. The number of amides is 2. The molecule has 0 aliphatic carbocycles. The Labute approximate surface area is 186 Å². The maximum Gasteiger partial charge on any atom is 0.269 e. The molecule has 1 aromatic heterocycles. The van der Waals surface area contributed by atoms with Gasteiger partial charge in [-0.1, -0.05) is 26.0 Å². The lowest BCUT2D eigenvalue weighted by Crippen LogP contribution is -2.41. The van der Waals surface area contributed by atoms with E-state index in [1.165, 1.54) is 12.3 Å². The van der Waals surface area contributed by atoms with Gasteiger partial charge in [-0.15, -0.1) is 0 Å². The molecule has 0 saturated heterocycles. The van der Waals surface area contributed by atoms with Crippen molar-refractivity contribution in [3.8, 4) is 17.1 Å². The van der Waals surface area contributed by atoms with Crippen LogP contribution in [-0.4, -0.2) is 23.4 Å². The summed E-state index contributed by atoms with van der Waals surface area (Å²) in [6.07, 6.45) is 2.62. The fraction of sp³-hybridized carbons (Fsp3) is 0.292. The zero-order valence-corrected chi connectivity index (χ0v) is 18.1. The maximum absolute atomic E-state index is 13.8. The molecular weight excluding hydrogens is 413 g/mol. The number of hydrazine groups is 1. The quantitative estimate of drug-likeness (QED) is 0.485. The van der Waals surface area contributed by atoms with E-state index in [-0.39, 0.29) is 12.8 Å². The second-order valence-corrected chi connectivity index (χ2v) is 7.66. The molecule has 168 valence electrons. The Kier molecular flexibility index (Phi) is 7.96. The fourth-order valence-corrected chi connectivity index (χ4v) is 2.81. The van der Waals surface area contributed by atoms with E-state index in [9.17, 15) is 14.0 Å². The van der Waals surface area contributed by atoms with Gasteiger partial charge in [-0.05, 0) is 48.7 Å². The summed E-state index contributed by atoms with van der Waals surface area (Å²) in [5.74, 6) is 0.586. The summed E-state index contributed by atoms with van der Waals surface area (Å²) >= 11 is 0. The first-order valence-corrected chi connectivity index (χ1v) is 10.4. The normalized spacial score (nSPS) is 10.8. The van der Waals surface area contributed by atoms with Crippen LogP contribution in [0.3, 0.4) is 0 Å². The molecule has 0 bridgehead atoms. The Morgan fingerprint density at radius 2 is 1.84 bits per heavy atom. The van der Waals surface area contributed by atoms with Crippen LogP contribution in [0.15, 0.2) is 59.1 Å². The number of nitrogens with zero attached hydrogens (tertiary/aromatic N) is 1. The van der Waals surface area contributed by atoms with Gasteiger partial charge >= 0.3 is 0 Å². The standard InChI is InChI=1S/C24H26FN3O4/c1-16(2)13-14-31-18-9-7-17(8-10-18)24(30)28-27-22(29)11-12-23-26-15-21(32-23)19-5-3-4-6-20(19)25/h3-10,15-16H,11-14H2,1-2H3,(H,27,29)(H,28,30). The zero-order valence-electron chi connectivity index (χ0n) is 18.1. The van der Waals surface area contributed by atoms with Crippen molar-refractivity contribution >= 4 is 11.8 Å². The molecule has 0 radical (unpaired) electrons. The molecule has 0 aliphatic heterocycles. The van der Waals surface area contributed by atoms with Crippen LogP contribution in [0.4, 0.5) is 4.39 Å². The van der Waals surface area contributed by atoms with Gasteiger partial charge in [0.1, 0.15) is 11.6 Å². The Balaban J connectivity index is 1.42. The predicted octanol–water partition coefficient (Wildman–Crippen LogP) is 4.30. The van der Waals surface area contributed by atoms with Gasteiger partial charge in [0.25, 0.3) is 5.91 Å². The first-order chi connectivity index (χ1) is 15.4. The highest BCUT2D eigenvalue weighted by Gasteiger charge is 2.13. The van der Waals surface area contributed by atoms with E-state index in [1.54, 1.807) is 42.5 Å². The number of carbonyl (C=O) groups excluding carboxylic acids is 2. The Bertz CT molecular complexity index is 1050. The molecule has 2 N–H and O–H groups in total. The Morgan fingerprint density at radius 1 is 1.09 bits per heavy atom. The summed E-state index contributed by atoms with van der Waals surface area (Å²) < 4.78 is 25.0. The van der Waals surface area contributed by atoms with Crippen LogP contribution < -0.4 is 15.6 Å². The number of hydrogen-bond donors (Lipinski definition) is 2. The third-order valence-corrected chi connectivity index (χ3v) is 4.65. The Hall–Kier alpha value is -3.68. The van der Waals surface area contributed by atoms with Crippen LogP contribution in [0.1, 0.15) is 42.9 Å². The number of oxazole rings is 1. The largest absolute Gasteiger partial charge is 0.494 e. The van der Waals surface area contributed by atoms with Crippen LogP contribution in [0.25, 0.3) is 11.3 Å². The molecule has 0 unspecified atom stereocenters. The number of halogens is 1. The van der Waals surface area contributed by atoms with Crippen molar-refractivity contribution in [2.24, 2.45) is 5.92 Å². The maximum atomic E-state index is 13.8. The third-order valence-electron chi connectivity index (χ3n) is 4.65. The van der Waals surface area contributed by atoms with Crippen LogP contribution in [0.5, 0.6) is 5.75 Å². The number of ether oxygens (including phenoxy) is 1. The summed E-state index contributed by atoms with van der Waals surface area (Å²) in [6.45, 7) is 4.87. The minimum Gasteiger partial charge on any atom is -0.494 e. The van der Waals surface area contributed by atoms with E-state index in [1.807, 2.05) is 0 Å². The SMILES string of the molecule is CC(C)CCOc1ccc(C(=O)NNC(=O)CCc2ncc(-c3ccccc3F)o2)cc1. The van der Waals surface area contributed by atoms with Crippen LogP contribution in [0.2, 0.25) is 0 Å². The lowest BCUT2D eigenvalue weighted by atomic mass is 10.1. The molecular formula is C24H26FN3O4. The number of carbonyl (C=O) groups is 2. The van der Waals surface area contributed by atoms with Crippen LogP contribution >= 0.6 is 0 Å². The van der Waals surface area contributed by atoms with E-state index in [4.69, 9.17) is 9.15 Å². The minimum absolute atomic E-state index is 0.0418. The number of nitrogens with one attached hydrogen (secondary N) is 2. The van der Waals surface area contributed by atoms with Crippen LogP contribution in [0, 0.1) is 11.7 Å². The van der Waals surface area contributed by atoms with Gasteiger partial charge in [0, 0.05) is 18.4 Å². The van der Waals surface area contributed by atoms with E-state index < -0.39 is 17.6 Å². The van der Waals surface area contributed by atoms with Gasteiger partial charge in [0.05, 0.1) is 18.4 Å². The second-order valence-electron chi connectivity index (χ2n) is 7.66. The molecule has 3 aromatic rings. The van der Waals surface area contributed by atoms with Crippen molar-refractivity contribution in [2.45, 2.75) is 33.1 Å². The number of hydrogen-bond acceptors (Lipinski definition) is 5. The molecule has 0 spiro atoms. The zero-order chi connectivity index (χ0) is 22.9. The molecule has 0 saturated carbocycles. The van der Waals surface area contributed by atoms with Gasteiger partial charge in [0.15, 0.2) is 11.7 Å². The fourth-order valence-electron chi connectivity index (χ4n) is 2.81. The Morgan fingerprint density at radius 3 is 2.56 bits per heavy atom. The van der Waals surface area contributed by atoms with E-state index in [0.717, 1.165) is 6.42 Å². The summed E-state index contributed by atoms with van der Waals surface area (Å²) in [5, 5.41) is 0. The van der Waals surface area contributed by atoms with E-state index >= 15 is 0 Å². The van der Waals surface area contributed by atoms with Crippen molar-refractivity contribution in [1.82, 2.24) is 15.8 Å². The van der Waals surface area contributed by atoms with Crippen molar-refractivity contribution in [1.29, 1.82) is 0 Å². The van der Waals surface area contributed by atoms with E-state index in [2.05, 4.69) is 29.7 Å².